The summed E-state index contributed by atoms with van der Waals surface area (Å²) in [6.07, 6.45) is 1.05. The van der Waals surface area contributed by atoms with Crippen LogP contribution in [0.25, 0.3) is 0 Å². The Morgan fingerprint density at radius 2 is 2.05 bits per heavy atom. The van der Waals surface area contributed by atoms with E-state index in [4.69, 9.17) is 5.26 Å². The van der Waals surface area contributed by atoms with Gasteiger partial charge in [-0.1, -0.05) is 6.92 Å². The van der Waals surface area contributed by atoms with Crippen LogP contribution >= 0.6 is 0 Å². The van der Waals surface area contributed by atoms with E-state index in [2.05, 4.69) is 28.3 Å². The van der Waals surface area contributed by atoms with Crippen LogP contribution in [0.5, 0.6) is 0 Å². The second kappa shape index (κ2) is 6.93. The molecule has 0 aromatic carbocycles. The Bertz CT molecular complexity index is 464. The van der Waals surface area contributed by atoms with Crippen LogP contribution < -0.4 is 10.2 Å². The number of aryl methyl sites for hydroxylation is 1. The number of aromatic nitrogens is 2. The lowest BCUT2D eigenvalue weighted by atomic mass is 10.2. The molecule has 5 nitrogen and oxygen atoms in total. The van der Waals surface area contributed by atoms with E-state index in [1.165, 1.54) is 0 Å². The van der Waals surface area contributed by atoms with E-state index in [0.29, 0.717) is 6.54 Å². The van der Waals surface area contributed by atoms with Crippen LogP contribution in [0.2, 0.25) is 0 Å². The second-order valence-electron chi connectivity index (χ2n) is 4.91. The Labute approximate surface area is 115 Å². The molecule has 1 unspecified atom stereocenters. The van der Waals surface area contributed by atoms with E-state index in [1.54, 1.807) is 0 Å². The number of nitrogens with one attached hydrogen (secondary N) is 1. The molecule has 1 aromatic rings. The molecule has 1 rings (SSSR count). The molecule has 1 atom stereocenters. The van der Waals surface area contributed by atoms with Gasteiger partial charge in [0, 0.05) is 25.7 Å². The van der Waals surface area contributed by atoms with Crippen molar-refractivity contribution in [2.75, 3.05) is 30.4 Å². The first-order chi connectivity index (χ1) is 8.99. The van der Waals surface area contributed by atoms with Crippen molar-refractivity contribution in [3.8, 4) is 6.07 Å². The summed E-state index contributed by atoms with van der Waals surface area (Å²) in [7, 11) is 1.96. The monoisotopic (exact) mass is 261 g/mol. The van der Waals surface area contributed by atoms with Gasteiger partial charge in [-0.05, 0) is 27.2 Å². The Morgan fingerprint density at radius 3 is 2.63 bits per heavy atom. The molecule has 0 spiro atoms. The summed E-state index contributed by atoms with van der Waals surface area (Å²) in [4.78, 5) is 11.0. The third-order valence-corrected chi connectivity index (χ3v) is 2.90. The van der Waals surface area contributed by atoms with E-state index in [-0.39, 0.29) is 5.92 Å². The lowest BCUT2D eigenvalue weighted by Crippen LogP contribution is -2.26. The molecule has 0 radical (unpaired) electrons. The molecule has 0 aliphatic carbocycles. The van der Waals surface area contributed by atoms with Gasteiger partial charge in [-0.2, -0.15) is 5.26 Å². The third kappa shape index (κ3) is 4.09. The number of hydrogen-bond donors (Lipinski definition) is 1. The molecule has 19 heavy (non-hydrogen) atoms. The zero-order chi connectivity index (χ0) is 14.4. The highest BCUT2D eigenvalue weighted by Crippen LogP contribution is 2.23. The van der Waals surface area contributed by atoms with Crippen molar-refractivity contribution in [2.24, 2.45) is 5.92 Å². The molecule has 0 bridgehead atoms. The van der Waals surface area contributed by atoms with E-state index < -0.39 is 0 Å². The van der Waals surface area contributed by atoms with Crippen molar-refractivity contribution in [3.63, 3.8) is 0 Å². The number of nitriles is 1. The van der Waals surface area contributed by atoms with Crippen LogP contribution in [0.3, 0.4) is 0 Å². The maximum Gasteiger partial charge on any atom is 0.137 e. The summed E-state index contributed by atoms with van der Waals surface area (Å²) in [5.41, 5.74) is 1.03. The van der Waals surface area contributed by atoms with Gasteiger partial charge < -0.3 is 10.2 Å². The van der Waals surface area contributed by atoms with Crippen molar-refractivity contribution in [3.05, 3.63) is 11.4 Å². The minimum Gasteiger partial charge on any atom is -0.370 e. The fraction of sp³-hybridized carbons (Fsp3) is 0.643. The summed E-state index contributed by atoms with van der Waals surface area (Å²) in [5, 5.41) is 12.2. The maximum absolute atomic E-state index is 8.90. The van der Waals surface area contributed by atoms with Gasteiger partial charge >= 0.3 is 0 Å². The van der Waals surface area contributed by atoms with Gasteiger partial charge in [0.25, 0.3) is 0 Å². The minimum atomic E-state index is -0.0216. The van der Waals surface area contributed by atoms with E-state index in [0.717, 1.165) is 36.0 Å². The average molecular weight is 261 g/mol. The van der Waals surface area contributed by atoms with Crippen LogP contribution in [0.4, 0.5) is 11.6 Å². The third-order valence-electron chi connectivity index (χ3n) is 2.90. The molecule has 1 heterocycles. The topological polar surface area (TPSA) is 64.8 Å². The van der Waals surface area contributed by atoms with Crippen LogP contribution in [-0.2, 0) is 0 Å². The fourth-order valence-electron chi connectivity index (χ4n) is 1.94. The minimum absolute atomic E-state index is 0.0216. The summed E-state index contributed by atoms with van der Waals surface area (Å²) in [5.74, 6) is 2.51. The molecule has 104 valence electrons. The first kappa shape index (κ1) is 15.2. The predicted molar refractivity (Wildman–Crippen MR) is 78.3 cm³/mol. The number of anilines is 2. The predicted octanol–water partition coefficient (Wildman–Crippen LogP) is 2.51. The van der Waals surface area contributed by atoms with Gasteiger partial charge in [0.2, 0.25) is 0 Å². The van der Waals surface area contributed by atoms with Crippen LogP contribution in [0.1, 0.15) is 31.7 Å². The first-order valence-corrected chi connectivity index (χ1v) is 6.69. The van der Waals surface area contributed by atoms with E-state index in [9.17, 15) is 0 Å². The zero-order valence-corrected chi connectivity index (χ0v) is 12.5. The molecular formula is C14H23N5. The smallest absolute Gasteiger partial charge is 0.137 e. The van der Waals surface area contributed by atoms with Gasteiger partial charge in [0.15, 0.2) is 0 Å². The van der Waals surface area contributed by atoms with E-state index in [1.807, 2.05) is 32.7 Å². The van der Waals surface area contributed by atoms with Crippen molar-refractivity contribution < 1.29 is 0 Å². The van der Waals surface area contributed by atoms with Crippen LogP contribution in [-0.4, -0.2) is 30.1 Å². The highest BCUT2D eigenvalue weighted by Gasteiger charge is 2.14. The lowest BCUT2D eigenvalue weighted by Gasteiger charge is -2.23. The summed E-state index contributed by atoms with van der Waals surface area (Å²) >= 11 is 0. The van der Waals surface area contributed by atoms with Crippen LogP contribution in [0, 0.1) is 31.1 Å². The Balaban J connectivity index is 3.00. The maximum atomic E-state index is 8.90. The SMILES string of the molecule is CCCNc1nc(C)nc(N(C)CC(C)C#N)c1C. The molecule has 0 aliphatic heterocycles. The highest BCUT2D eigenvalue weighted by atomic mass is 15.2. The second-order valence-corrected chi connectivity index (χ2v) is 4.91. The molecule has 0 saturated carbocycles. The fourth-order valence-corrected chi connectivity index (χ4v) is 1.94. The normalized spacial score (nSPS) is 11.8. The molecule has 1 N–H and O–H groups in total. The van der Waals surface area contributed by atoms with Gasteiger partial charge in [-0.3, -0.25) is 0 Å². The van der Waals surface area contributed by atoms with Crippen LogP contribution in [0.15, 0.2) is 0 Å². The van der Waals surface area contributed by atoms with E-state index >= 15 is 0 Å². The lowest BCUT2D eigenvalue weighted by molar-refractivity contribution is 0.706. The standard InChI is InChI=1S/C14H23N5/c1-6-7-16-13-11(3)14(18-12(4)17-13)19(5)9-10(2)8-15/h10H,6-7,9H2,1-5H3,(H,16,17,18). The quantitative estimate of drug-likeness (QED) is 0.852. The number of hydrogen-bond acceptors (Lipinski definition) is 5. The van der Waals surface area contributed by atoms with Crippen molar-refractivity contribution >= 4 is 11.6 Å². The molecule has 5 heteroatoms. The van der Waals surface area contributed by atoms with Crippen molar-refractivity contribution in [2.45, 2.75) is 34.1 Å². The van der Waals surface area contributed by atoms with Gasteiger partial charge in [-0.15, -0.1) is 0 Å². The molecule has 0 saturated heterocycles. The Hall–Kier alpha value is -1.83. The highest BCUT2D eigenvalue weighted by molar-refractivity contribution is 5.58. The van der Waals surface area contributed by atoms with Crippen molar-refractivity contribution in [1.82, 2.24) is 9.97 Å². The average Bonchev–Trinajstić information content (AvgIpc) is 2.38. The summed E-state index contributed by atoms with van der Waals surface area (Å²) in [6.45, 7) is 9.51. The zero-order valence-electron chi connectivity index (χ0n) is 12.5. The molecule has 0 amide bonds. The molecule has 0 fully saturated rings. The van der Waals surface area contributed by atoms with Crippen molar-refractivity contribution in [1.29, 1.82) is 5.26 Å². The van der Waals surface area contributed by atoms with Gasteiger partial charge in [-0.25, -0.2) is 9.97 Å². The summed E-state index contributed by atoms with van der Waals surface area (Å²) in [6, 6.07) is 2.25. The molecular weight excluding hydrogens is 238 g/mol. The number of nitrogens with zero attached hydrogens (tertiary/aromatic N) is 4. The largest absolute Gasteiger partial charge is 0.370 e. The van der Waals surface area contributed by atoms with Gasteiger partial charge in [0.05, 0.1) is 12.0 Å². The molecule has 0 aliphatic rings. The Morgan fingerprint density at radius 1 is 1.37 bits per heavy atom. The van der Waals surface area contributed by atoms with Gasteiger partial charge in [0.1, 0.15) is 17.5 Å². The number of rotatable bonds is 6. The Kier molecular flexibility index (Phi) is 5.56. The summed E-state index contributed by atoms with van der Waals surface area (Å²) < 4.78 is 0. The first-order valence-electron chi connectivity index (χ1n) is 6.69. The molecule has 1 aromatic heterocycles.